The summed E-state index contributed by atoms with van der Waals surface area (Å²) in [4.78, 5) is 0. The fraction of sp³-hybridized carbons (Fsp3) is 0.417. The van der Waals surface area contributed by atoms with Crippen LogP contribution in [0.4, 0.5) is 0 Å². The number of methoxy groups -OCH3 is 1. The Labute approximate surface area is 99.6 Å². The fourth-order valence-electron chi connectivity index (χ4n) is 1.63. The maximum Gasteiger partial charge on any atom is 0.211 e. The second kappa shape index (κ2) is 4.63. The van der Waals surface area contributed by atoms with Gasteiger partial charge in [0.2, 0.25) is 5.88 Å². The number of aromatic nitrogens is 2. The van der Waals surface area contributed by atoms with Gasteiger partial charge in [-0.25, -0.2) is 4.68 Å². The highest BCUT2D eigenvalue weighted by Gasteiger charge is 2.14. The second-order valence-electron chi connectivity index (χ2n) is 3.82. The third-order valence-corrected chi connectivity index (χ3v) is 2.64. The van der Waals surface area contributed by atoms with E-state index in [1.165, 1.54) is 0 Å². The summed E-state index contributed by atoms with van der Waals surface area (Å²) in [6.07, 6.45) is 0.0627. The van der Waals surface area contributed by atoms with Crippen molar-refractivity contribution in [3.8, 4) is 17.3 Å². The molecule has 0 radical (unpaired) electrons. The van der Waals surface area contributed by atoms with Crippen LogP contribution in [-0.2, 0) is 7.05 Å². The molecule has 1 atom stereocenters. The summed E-state index contributed by atoms with van der Waals surface area (Å²) in [5, 5.41) is 13.9. The molecule has 0 fully saturated rings. The van der Waals surface area contributed by atoms with Gasteiger partial charge in [-0.3, -0.25) is 0 Å². The van der Waals surface area contributed by atoms with Crippen molar-refractivity contribution in [2.75, 3.05) is 7.11 Å². The number of aliphatic hydroxyl groups excluding tert-OH is 1. The molecule has 0 saturated heterocycles. The van der Waals surface area contributed by atoms with Gasteiger partial charge in [0.1, 0.15) is 17.6 Å². The Bertz CT molecular complexity index is 502. The number of hydrogen-bond donors (Lipinski definition) is 1. The lowest BCUT2D eigenvalue weighted by atomic mass is 10.2. The van der Waals surface area contributed by atoms with Crippen LogP contribution in [0.5, 0.6) is 5.88 Å². The van der Waals surface area contributed by atoms with E-state index in [0.717, 1.165) is 0 Å². The molecular formula is C12H16N2O3. The third kappa shape index (κ3) is 2.19. The number of nitrogens with zero attached hydrogens (tertiary/aromatic N) is 2. The van der Waals surface area contributed by atoms with Gasteiger partial charge in [-0.05, 0) is 18.6 Å². The van der Waals surface area contributed by atoms with Crippen molar-refractivity contribution in [2.45, 2.75) is 19.4 Å². The van der Waals surface area contributed by atoms with E-state index in [4.69, 9.17) is 9.15 Å². The first-order valence-electron chi connectivity index (χ1n) is 5.52. The normalized spacial score (nSPS) is 12.7. The van der Waals surface area contributed by atoms with Crippen LogP contribution in [0, 0.1) is 0 Å². The van der Waals surface area contributed by atoms with Crippen LogP contribution in [0.25, 0.3) is 11.5 Å². The Hall–Kier alpha value is -1.75. The predicted molar refractivity (Wildman–Crippen MR) is 62.7 cm³/mol. The minimum Gasteiger partial charge on any atom is -0.481 e. The van der Waals surface area contributed by atoms with Crippen molar-refractivity contribution in [3.05, 3.63) is 24.0 Å². The fourth-order valence-corrected chi connectivity index (χ4v) is 1.63. The number of furan rings is 1. The van der Waals surface area contributed by atoms with Crippen molar-refractivity contribution >= 4 is 0 Å². The number of ether oxygens (including phenoxy) is 1. The van der Waals surface area contributed by atoms with Gasteiger partial charge in [-0.15, -0.1) is 0 Å². The predicted octanol–water partition coefficient (Wildman–Crippen LogP) is 2.13. The topological polar surface area (TPSA) is 60.4 Å². The van der Waals surface area contributed by atoms with Gasteiger partial charge in [0.25, 0.3) is 0 Å². The summed E-state index contributed by atoms with van der Waals surface area (Å²) in [7, 11) is 3.39. The van der Waals surface area contributed by atoms with Crippen LogP contribution in [0.15, 0.2) is 22.6 Å². The van der Waals surface area contributed by atoms with Crippen LogP contribution in [0.2, 0.25) is 0 Å². The molecule has 2 aromatic rings. The first-order valence-corrected chi connectivity index (χ1v) is 5.52. The van der Waals surface area contributed by atoms with Gasteiger partial charge in [-0.1, -0.05) is 6.92 Å². The Morgan fingerprint density at radius 3 is 2.88 bits per heavy atom. The molecule has 0 aliphatic carbocycles. The van der Waals surface area contributed by atoms with E-state index in [-0.39, 0.29) is 0 Å². The molecule has 1 unspecified atom stereocenters. The smallest absolute Gasteiger partial charge is 0.211 e. The van der Waals surface area contributed by atoms with E-state index >= 15 is 0 Å². The van der Waals surface area contributed by atoms with Gasteiger partial charge in [0.05, 0.1) is 7.11 Å². The molecule has 2 rings (SSSR count). The minimum absolute atomic E-state index is 0.561. The molecule has 0 aliphatic rings. The summed E-state index contributed by atoms with van der Waals surface area (Å²) in [5.41, 5.74) is 0.693. The molecule has 0 amide bonds. The Kier molecular flexibility index (Phi) is 3.19. The maximum atomic E-state index is 9.65. The first kappa shape index (κ1) is 11.7. The highest BCUT2D eigenvalue weighted by molar-refractivity contribution is 5.54. The summed E-state index contributed by atoms with van der Waals surface area (Å²) >= 11 is 0. The third-order valence-electron chi connectivity index (χ3n) is 2.64. The van der Waals surface area contributed by atoms with Crippen LogP contribution in [0.3, 0.4) is 0 Å². The summed E-state index contributed by atoms with van der Waals surface area (Å²) in [5.74, 6) is 1.85. The van der Waals surface area contributed by atoms with Gasteiger partial charge >= 0.3 is 0 Å². The van der Waals surface area contributed by atoms with Gasteiger partial charge in [0, 0.05) is 13.1 Å². The molecule has 0 aromatic carbocycles. The quantitative estimate of drug-likeness (QED) is 0.883. The Balaban J connectivity index is 2.30. The lowest BCUT2D eigenvalue weighted by molar-refractivity contribution is 0.146. The molecular weight excluding hydrogens is 220 g/mol. The Morgan fingerprint density at radius 2 is 2.29 bits per heavy atom. The minimum atomic E-state index is -0.561. The molecule has 1 N–H and O–H groups in total. The van der Waals surface area contributed by atoms with E-state index < -0.39 is 6.10 Å². The van der Waals surface area contributed by atoms with Gasteiger partial charge < -0.3 is 14.3 Å². The summed E-state index contributed by atoms with van der Waals surface area (Å²) in [6.45, 7) is 1.90. The number of aliphatic hydroxyl groups is 1. The zero-order chi connectivity index (χ0) is 12.4. The molecule has 92 valence electrons. The lowest BCUT2D eigenvalue weighted by Gasteiger charge is -2.01. The monoisotopic (exact) mass is 236 g/mol. The molecule has 17 heavy (non-hydrogen) atoms. The second-order valence-corrected chi connectivity index (χ2v) is 3.82. The molecule has 5 nitrogen and oxygen atoms in total. The molecule has 5 heteroatoms. The van der Waals surface area contributed by atoms with Gasteiger partial charge in [0.15, 0.2) is 5.76 Å². The van der Waals surface area contributed by atoms with E-state index in [1.807, 2.05) is 6.92 Å². The molecule has 0 bridgehead atoms. The zero-order valence-electron chi connectivity index (χ0n) is 10.2. The molecule has 0 spiro atoms. The van der Waals surface area contributed by atoms with Crippen molar-refractivity contribution in [3.63, 3.8) is 0 Å². The van der Waals surface area contributed by atoms with Crippen molar-refractivity contribution in [1.82, 2.24) is 9.78 Å². The van der Waals surface area contributed by atoms with E-state index in [1.54, 1.807) is 37.0 Å². The maximum absolute atomic E-state index is 9.65. The average Bonchev–Trinajstić information content (AvgIpc) is 2.94. The molecule has 0 aliphatic heterocycles. The summed E-state index contributed by atoms with van der Waals surface area (Å²) in [6, 6.07) is 5.36. The lowest BCUT2D eigenvalue weighted by Crippen LogP contribution is -1.94. The van der Waals surface area contributed by atoms with E-state index in [0.29, 0.717) is 29.5 Å². The van der Waals surface area contributed by atoms with E-state index in [9.17, 15) is 5.11 Å². The standard InChI is InChI=1S/C12H16N2O3/c1-4-9(15)11-6-5-10(17-11)8-7-12(16-3)14(2)13-8/h5-7,9,15H,4H2,1-3H3. The number of aryl methyl sites for hydroxylation is 1. The van der Waals surface area contributed by atoms with Crippen molar-refractivity contribution < 1.29 is 14.3 Å². The molecule has 2 heterocycles. The largest absolute Gasteiger partial charge is 0.481 e. The summed E-state index contributed by atoms with van der Waals surface area (Å²) < 4.78 is 12.3. The molecule has 2 aromatic heterocycles. The van der Waals surface area contributed by atoms with Crippen molar-refractivity contribution in [1.29, 1.82) is 0 Å². The van der Waals surface area contributed by atoms with Crippen molar-refractivity contribution in [2.24, 2.45) is 7.05 Å². The number of hydrogen-bond acceptors (Lipinski definition) is 4. The van der Waals surface area contributed by atoms with Gasteiger partial charge in [-0.2, -0.15) is 5.10 Å². The van der Waals surface area contributed by atoms with Crippen LogP contribution >= 0.6 is 0 Å². The zero-order valence-corrected chi connectivity index (χ0v) is 10.2. The SMILES string of the molecule is CCC(O)c1ccc(-c2cc(OC)n(C)n2)o1. The first-order chi connectivity index (χ1) is 8.15. The highest BCUT2D eigenvalue weighted by atomic mass is 16.5. The number of rotatable bonds is 4. The Morgan fingerprint density at radius 1 is 1.53 bits per heavy atom. The van der Waals surface area contributed by atoms with E-state index in [2.05, 4.69) is 5.10 Å². The molecule has 0 saturated carbocycles. The highest BCUT2D eigenvalue weighted by Crippen LogP contribution is 2.27. The van der Waals surface area contributed by atoms with Crippen LogP contribution < -0.4 is 4.74 Å². The van der Waals surface area contributed by atoms with Crippen LogP contribution in [0.1, 0.15) is 25.2 Å². The van der Waals surface area contributed by atoms with Crippen LogP contribution in [-0.4, -0.2) is 22.0 Å². The average molecular weight is 236 g/mol.